The van der Waals surface area contributed by atoms with Crippen molar-refractivity contribution in [3.8, 4) is 0 Å². The van der Waals surface area contributed by atoms with E-state index in [0.29, 0.717) is 5.92 Å². The highest BCUT2D eigenvalue weighted by Crippen LogP contribution is 2.51. The zero-order valence-corrected chi connectivity index (χ0v) is 16.3. The molecule has 1 atom stereocenters. The van der Waals surface area contributed by atoms with Crippen molar-refractivity contribution in [1.82, 2.24) is 0 Å². The third-order valence-corrected chi connectivity index (χ3v) is 7.20. The SMILES string of the molecule is OC1([C@@H](Sc2ccccc2)c2ccccc2)CCC(c2ccccc2)CC1. The van der Waals surface area contributed by atoms with Crippen molar-refractivity contribution in [1.29, 1.82) is 0 Å². The molecule has 0 amide bonds. The summed E-state index contributed by atoms with van der Waals surface area (Å²) in [6.07, 6.45) is 3.76. The number of hydrogen-bond acceptors (Lipinski definition) is 2. The minimum absolute atomic E-state index is 0.0535. The molecule has 4 rings (SSSR count). The van der Waals surface area contributed by atoms with Crippen molar-refractivity contribution in [2.75, 3.05) is 0 Å². The second-order valence-electron chi connectivity index (χ2n) is 7.51. The third-order valence-electron chi connectivity index (χ3n) is 5.71. The van der Waals surface area contributed by atoms with Gasteiger partial charge in [0.15, 0.2) is 0 Å². The number of thioether (sulfide) groups is 1. The average molecular weight is 375 g/mol. The quantitative estimate of drug-likeness (QED) is 0.507. The Balaban J connectivity index is 1.56. The van der Waals surface area contributed by atoms with Crippen molar-refractivity contribution in [3.63, 3.8) is 0 Å². The molecule has 0 unspecified atom stereocenters. The van der Waals surface area contributed by atoms with Crippen LogP contribution >= 0.6 is 11.8 Å². The molecule has 3 aromatic rings. The highest BCUT2D eigenvalue weighted by atomic mass is 32.2. The molecule has 0 radical (unpaired) electrons. The molecule has 2 heteroatoms. The smallest absolute Gasteiger partial charge is 0.0810 e. The van der Waals surface area contributed by atoms with E-state index in [2.05, 4.69) is 78.9 Å². The van der Waals surface area contributed by atoms with Gasteiger partial charge in [0.1, 0.15) is 0 Å². The maximum atomic E-state index is 11.7. The van der Waals surface area contributed by atoms with E-state index in [4.69, 9.17) is 0 Å². The Hall–Kier alpha value is -2.03. The average Bonchev–Trinajstić information content (AvgIpc) is 2.74. The summed E-state index contributed by atoms with van der Waals surface area (Å²) in [5.74, 6) is 0.560. The molecule has 1 N–H and O–H groups in total. The Bertz CT molecular complexity index is 824. The molecular formula is C25H26OS. The Morgan fingerprint density at radius 2 is 1.26 bits per heavy atom. The van der Waals surface area contributed by atoms with Crippen LogP contribution in [0.1, 0.15) is 48.0 Å². The highest BCUT2D eigenvalue weighted by Gasteiger charge is 2.41. The lowest BCUT2D eigenvalue weighted by atomic mass is 9.73. The Morgan fingerprint density at radius 3 is 1.85 bits per heavy atom. The van der Waals surface area contributed by atoms with E-state index in [-0.39, 0.29) is 5.25 Å². The molecule has 0 aromatic heterocycles. The minimum Gasteiger partial charge on any atom is -0.388 e. The summed E-state index contributed by atoms with van der Waals surface area (Å²) >= 11 is 1.79. The van der Waals surface area contributed by atoms with Crippen molar-refractivity contribution in [2.24, 2.45) is 0 Å². The highest BCUT2D eigenvalue weighted by molar-refractivity contribution is 7.99. The molecule has 0 heterocycles. The maximum absolute atomic E-state index is 11.7. The van der Waals surface area contributed by atoms with Gasteiger partial charge in [-0.15, -0.1) is 11.8 Å². The van der Waals surface area contributed by atoms with Crippen LogP contribution in [0, 0.1) is 0 Å². The topological polar surface area (TPSA) is 20.2 Å². The fourth-order valence-electron chi connectivity index (χ4n) is 4.19. The summed E-state index contributed by atoms with van der Waals surface area (Å²) < 4.78 is 0. The van der Waals surface area contributed by atoms with Gasteiger partial charge in [-0.3, -0.25) is 0 Å². The predicted octanol–water partition coefficient (Wildman–Crippen LogP) is 6.61. The van der Waals surface area contributed by atoms with E-state index >= 15 is 0 Å². The van der Waals surface area contributed by atoms with Gasteiger partial charge in [0.05, 0.1) is 10.9 Å². The van der Waals surface area contributed by atoms with Gasteiger partial charge >= 0.3 is 0 Å². The van der Waals surface area contributed by atoms with Gasteiger partial charge in [0, 0.05) is 4.90 Å². The van der Waals surface area contributed by atoms with Crippen molar-refractivity contribution < 1.29 is 5.11 Å². The van der Waals surface area contributed by atoms with E-state index in [1.807, 2.05) is 12.1 Å². The summed E-state index contributed by atoms with van der Waals surface area (Å²) in [6, 6.07) is 31.7. The van der Waals surface area contributed by atoms with Crippen LogP contribution < -0.4 is 0 Å². The largest absolute Gasteiger partial charge is 0.388 e. The van der Waals surface area contributed by atoms with Crippen LogP contribution in [0.5, 0.6) is 0 Å². The number of benzene rings is 3. The minimum atomic E-state index is -0.673. The van der Waals surface area contributed by atoms with Gasteiger partial charge in [-0.25, -0.2) is 0 Å². The zero-order chi connectivity index (χ0) is 18.5. The van der Waals surface area contributed by atoms with E-state index in [1.54, 1.807) is 11.8 Å². The Kier molecular flexibility index (Phi) is 5.66. The lowest BCUT2D eigenvalue weighted by Crippen LogP contribution is -2.38. The lowest BCUT2D eigenvalue weighted by Gasteiger charge is -2.41. The van der Waals surface area contributed by atoms with E-state index in [0.717, 1.165) is 25.7 Å². The first-order chi connectivity index (χ1) is 13.2. The third kappa shape index (κ3) is 4.28. The van der Waals surface area contributed by atoms with E-state index in [9.17, 15) is 5.11 Å². The van der Waals surface area contributed by atoms with Crippen molar-refractivity contribution in [2.45, 2.75) is 47.3 Å². The molecule has 3 aromatic carbocycles. The van der Waals surface area contributed by atoms with Gasteiger partial charge in [0.2, 0.25) is 0 Å². The zero-order valence-electron chi connectivity index (χ0n) is 15.5. The maximum Gasteiger partial charge on any atom is 0.0810 e. The molecule has 0 saturated heterocycles. The fraction of sp³-hybridized carbons (Fsp3) is 0.280. The normalized spacial score (nSPS) is 23.7. The van der Waals surface area contributed by atoms with Gasteiger partial charge < -0.3 is 5.11 Å². The molecule has 1 nitrogen and oxygen atoms in total. The van der Waals surface area contributed by atoms with Crippen LogP contribution in [0.25, 0.3) is 0 Å². The standard InChI is InChI=1S/C25H26OS/c26-25(18-16-21(17-19-25)20-10-4-1-5-11-20)24(22-12-6-2-7-13-22)27-23-14-8-3-9-15-23/h1-15,21,24,26H,16-19H2/t21?,24-,25?/m0/s1. The Labute approximate surface area is 166 Å². The van der Waals surface area contributed by atoms with Crippen LogP contribution in [0.2, 0.25) is 0 Å². The van der Waals surface area contributed by atoms with E-state index < -0.39 is 5.60 Å². The van der Waals surface area contributed by atoms with Crippen molar-refractivity contribution >= 4 is 11.8 Å². The lowest BCUT2D eigenvalue weighted by molar-refractivity contribution is -0.00326. The monoisotopic (exact) mass is 374 g/mol. The molecular weight excluding hydrogens is 348 g/mol. The summed E-state index contributed by atoms with van der Waals surface area (Å²) in [5.41, 5.74) is 1.95. The molecule has 1 aliphatic rings. The number of hydrogen-bond donors (Lipinski definition) is 1. The summed E-state index contributed by atoms with van der Waals surface area (Å²) in [6.45, 7) is 0. The van der Waals surface area contributed by atoms with Gasteiger partial charge in [-0.1, -0.05) is 78.9 Å². The van der Waals surface area contributed by atoms with Crippen LogP contribution in [0.15, 0.2) is 95.9 Å². The molecule has 0 aliphatic heterocycles. The number of rotatable bonds is 5. The first-order valence-corrected chi connectivity index (χ1v) is 10.7. The molecule has 1 saturated carbocycles. The second-order valence-corrected chi connectivity index (χ2v) is 8.69. The summed E-state index contributed by atoms with van der Waals surface area (Å²) in [4.78, 5) is 1.21. The molecule has 27 heavy (non-hydrogen) atoms. The number of aliphatic hydroxyl groups is 1. The van der Waals surface area contributed by atoms with Crippen LogP contribution in [-0.2, 0) is 0 Å². The van der Waals surface area contributed by atoms with Crippen LogP contribution in [0.4, 0.5) is 0 Å². The second kappa shape index (κ2) is 8.33. The fourth-order valence-corrected chi connectivity index (χ4v) is 5.52. The summed E-state index contributed by atoms with van der Waals surface area (Å²) in [5, 5.41) is 11.7. The van der Waals surface area contributed by atoms with Crippen LogP contribution in [-0.4, -0.2) is 10.7 Å². The Morgan fingerprint density at radius 1 is 0.741 bits per heavy atom. The molecule has 1 fully saturated rings. The van der Waals surface area contributed by atoms with Crippen LogP contribution in [0.3, 0.4) is 0 Å². The molecule has 1 aliphatic carbocycles. The van der Waals surface area contributed by atoms with Crippen molar-refractivity contribution in [3.05, 3.63) is 102 Å². The van der Waals surface area contributed by atoms with Gasteiger partial charge in [0.25, 0.3) is 0 Å². The van der Waals surface area contributed by atoms with E-state index in [1.165, 1.54) is 16.0 Å². The molecule has 0 spiro atoms. The van der Waals surface area contributed by atoms with Gasteiger partial charge in [-0.05, 0) is 54.9 Å². The molecule has 0 bridgehead atoms. The predicted molar refractivity (Wildman–Crippen MR) is 114 cm³/mol. The molecule has 138 valence electrons. The first-order valence-electron chi connectivity index (χ1n) is 9.79. The summed E-state index contributed by atoms with van der Waals surface area (Å²) in [7, 11) is 0. The first kappa shape index (κ1) is 18.3. The van der Waals surface area contributed by atoms with Gasteiger partial charge in [-0.2, -0.15) is 0 Å².